The Hall–Kier alpha value is -0.670. The van der Waals surface area contributed by atoms with Crippen LogP contribution in [0.25, 0.3) is 0 Å². The topological polar surface area (TPSA) is 90.4 Å². The Labute approximate surface area is 105 Å². The third-order valence-electron chi connectivity index (χ3n) is 1.77. The molecule has 0 saturated heterocycles. The molecular formula is C8H13NO5S3. The fraction of sp³-hybridized carbons (Fsp3) is 0.625. The largest absolute Gasteiger partial charge is 0.361 e. The van der Waals surface area contributed by atoms with Gasteiger partial charge in [-0.2, -0.15) is 13.4 Å². The SMILES string of the molecule is CCCS(=O)(=O)c1nc(OS(=O)(=O)CC)cs1. The molecule has 98 valence electrons. The van der Waals surface area contributed by atoms with Crippen LogP contribution >= 0.6 is 11.3 Å². The number of aromatic nitrogens is 1. The van der Waals surface area contributed by atoms with Crippen LogP contribution in [0.15, 0.2) is 9.72 Å². The molecule has 0 N–H and O–H groups in total. The highest BCUT2D eigenvalue weighted by atomic mass is 32.2. The van der Waals surface area contributed by atoms with Gasteiger partial charge in [0.1, 0.15) is 0 Å². The first-order chi connectivity index (χ1) is 7.80. The van der Waals surface area contributed by atoms with E-state index in [2.05, 4.69) is 9.17 Å². The van der Waals surface area contributed by atoms with E-state index in [9.17, 15) is 16.8 Å². The molecule has 0 saturated carbocycles. The second-order valence-electron chi connectivity index (χ2n) is 3.20. The van der Waals surface area contributed by atoms with Crippen molar-refractivity contribution in [1.82, 2.24) is 4.98 Å². The van der Waals surface area contributed by atoms with Gasteiger partial charge in [-0.1, -0.05) is 6.92 Å². The third kappa shape index (κ3) is 3.93. The first kappa shape index (κ1) is 14.4. The average Bonchev–Trinajstić information content (AvgIpc) is 2.66. The minimum absolute atomic E-state index is 0.0134. The van der Waals surface area contributed by atoms with Crippen LogP contribution in [-0.2, 0) is 20.0 Å². The molecule has 0 atom stereocenters. The van der Waals surface area contributed by atoms with Gasteiger partial charge in [0.2, 0.25) is 20.1 Å². The van der Waals surface area contributed by atoms with Gasteiger partial charge in [-0.3, -0.25) is 0 Å². The molecule has 1 aromatic rings. The van der Waals surface area contributed by atoms with Crippen molar-refractivity contribution in [2.45, 2.75) is 24.6 Å². The zero-order valence-electron chi connectivity index (χ0n) is 9.41. The molecule has 0 aliphatic heterocycles. The molecule has 9 heteroatoms. The van der Waals surface area contributed by atoms with Gasteiger partial charge < -0.3 is 4.18 Å². The quantitative estimate of drug-likeness (QED) is 0.729. The molecule has 6 nitrogen and oxygen atoms in total. The van der Waals surface area contributed by atoms with E-state index < -0.39 is 20.0 Å². The standard InChI is InChI=1S/C8H13NO5S3/c1-3-5-16(10,11)8-9-7(6-15-8)14-17(12,13)4-2/h6H,3-5H2,1-2H3. The van der Waals surface area contributed by atoms with E-state index in [-0.39, 0.29) is 21.7 Å². The van der Waals surface area contributed by atoms with Crippen LogP contribution in [0.2, 0.25) is 0 Å². The second-order valence-corrected chi connectivity index (χ2v) is 8.20. The maximum atomic E-state index is 11.6. The minimum Gasteiger partial charge on any atom is -0.361 e. The van der Waals surface area contributed by atoms with Gasteiger partial charge in [-0.25, -0.2) is 8.42 Å². The Morgan fingerprint density at radius 3 is 2.47 bits per heavy atom. The maximum absolute atomic E-state index is 11.6. The van der Waals surface area contributed by atoms with E-state index >= 15 is 0 Å². The summed E-state index contributed by atoms with van der Waals surface area (Å²) in [7, 11) is -7.09. The van der Waals surface area contributed by atoms with Crippen LogP contribution in [0.4, 0.5) is 0 Å². The minimum atomic E-state index is -3.67. The summed E-state index contributed by atoms with van der Waals surface area (Å²) in [6.45, 7) is 3.17. The Kier molecular flexibility index (Phi) is 4.50. The Morgan fingerprint density at radius 1 is 1.29 bits per heavy atom. The van der Waals surface area contributed by atoms with Gasteiger partial charge in [0.15, 0.2) is 0 Å². The van der Waals surface area contributed by atoms with Crippen molar-refractivity contribution in [1.29, 1.82) is 0 Å². The first-order valence-electron chi connectivity index (χ1n) is 4.91. The summed E-state index contributed by atoms with van der Waals surface area (Å²) in [5.74, 6) is -0.395. The van der Waals surface area contributed by atoms with Gasteiger partial charge in [0.05, 0.1) is 16.9 Å². The Balaban J connectivity index is 2.94. The summed E-state index contributed by atoms with van der Waals surface area (Å²) in [5, 5.41) is 1.27. The molecule has 0 radical (unpaired) electrons. The van der Waals surface area contributed by atoms with Crippen molar-refractivity contribution >= 4 is 31.3 Å². The molecule has 0 unspecified atom stereocenters. The van der Waals surface area contributed by atoms with Crippen molar-refractivity contribution in [2.24, 2.45) is 0 Å². The van der Waals surface area contributed by atoms with E-state index in [0.717, 1.165) is 11.3 Å². The highest BCUT2D eigenvalue weighted by molar-refractivity contribution is 7.93. The smallest absolute Gasteiger partial charge is 0.310 e. The molecule has 1 rings (SSSR count). The van der Waals surface area contributed by atoms with Gasteiger partial charge in [-0.05, 0) is 13.3 Å². The molecule has 0 spiro atoms. The molecule has 0 aromatic carbocycles. The fourth-order valence-corrected chi connectivity index (χ4v) is 3.86. The van der Waals surface area contributed by atoms with Crippen molar-refractivity contribution in [3.63, 3.8) is 0 Å². The molecule has 1 aromatic heterocycles. The lowest BCUT2D eigenvalue weighted by Gasteiger charge is -2.00. The molecule has 17 heavy (non-hydrogen) atoms. The molecular weight excluding hydrogens is 286 g/mol. The van der Waals surface area contributed by atoms with Crippen LogP contribution in [-0.4, -0.2) is 33.3 Å². The van der Waals surface area contributed by atoms with Crippen LogP contribution in [0.5, 0.6) is 5.88 Å². The van der Waals surface area contributed by atoms with Crippen molar-refractivity contribution < 1.29 is 21.0 Å². The average molecular weight is 299 g/mol. The number of hydrogen-bond donors (Lipinski definition) is 0. The Bertz CT molecular complexity index is 572. The predicted octanol–water partition coefficient (Wildman–Crippen LogP) is 1.06. The summed E-state index contributed by atoms with van der Waals surface area (Å²) in [4.78, 5) is 3.66. The number of sulfone groups is 1. The zero-order valence-corrected chi connectivity index (χ0v) is 11.9. The normalized spacial score (nSPS) is 12.6. The van der Waals surface area contributed by atoms with E-state index in [0.29, 0.717) is 6.42 Å². The van der Waals surface area contributed by atoms with Crippen molar-refractivity contribution in [3.8, 4) is 5.88 Å². The third-order valence-corrected chi connectivity index (χ3v) is 6.13. The summed E-state index contributed by atoms with van der Waals surface area (Å²) in [6.07, 6.45) is 0.478. The Morgan fingerprint density at radius 2 is 1.94 bits per heavy atom. The molecule has 0 amide bonds. The van der Waals surface area contributed by atoms with E-state index in [1.165, 1.54) is 12.3 Å². The van der Waals surface area contributed by atoms with Crippen molar-refractivity contribution in [3.05, 3.63) is 5.38 Å². The lowest BCUT2D eigenvalue weighted by atomic mass is 10.6. The fourth-order valence-electron chi connectivity index (χ4n) is 0.970. The molecule has 0 fully saturated rings. The highest BCUT2D eigenvalue weighted by Gasteiger charge is 2.20. The highest BCUT2D eigenvalue weighted by Crippen LogP contribution is 2.23. The van der Waals surface area contributed by atoms with Gasteiger partial charge in [0, 0.05) is 0 Å². The van der Waals surface area contributed by atoms with Crippen LogP contribution in [0.1, 0.15) is 20.3 Å². The molecule has 0 aliphatic rings. The number of nitrogens with zero attached hydrogens (tertiary/aromatic N) is 1. The summed E-state index contributed by atoms with van der Waals surface area (Å²) >= 11 is 0.859. The lowest BCUT2D eigenvalue weighted by Crippen LogP contribution is -2.12. The van der Waals surface area contributed by atoms with Crippen LogP contribution in [0.3, 0.4) is 0 Å². The first-order valence-corrected chi connectivity index (χ1v) is 9.02. The van der Waals surface area contributed by atoms with Crippen LogP contribution in [0, 0.1) is 0 Å². The van der Waals surface area contributed by atoms with E-state index in [1.54, 1.807) is 6.92 Å². The summed E-state index contributed by atoms with van der Waals surface area (Å²) < 4.78 is 50.0. The van der Waals surface area contributed by atoms with Gasteiger partial charge in [-0.15, -0.1) is 11.3 Å². The predicted molar refractivity (Wildman–Crippen MR) is 64.5 cm³/mol. The number of thiazole rings is 1. The molecule has 0 bridgehead atoms. The summed E-state index contributed by atoms with van der Waals surface area (Å²) in [6, 6.07) is 0. The van der Waals surface area contributed by atoms with E-state index in [4.69, 9.17) is 0 Å². The number of hydrogen-bond acceptors (Lipinski definition) is 7. The number of rotatable bonds is 6. The molecule has 0 aliphatic carbocycles. The van der Waals surface area contributed by atoms with Crippen molar-refractivity contribution in [2.75, 3.05) is 11.5 Å². The maximum Gasteiger partial charge on any atom is 0.310 e. The zero-order chi connectivity index (χ0) is 13.1. The monoisotopic (exact) mass is 299 g/mol. The van der Waals surface area contributed by atoms with Gasteiger partial charge >= 0.3 is 10.1 Å². The summed E-state index contributed by atoms with van der Waals surface area (Å²) in [5.41, 5.74) is 0. The second kappa shape index (κ2) is 5.32. The van der Waals surface area contributed by atoms with Gasteiger partial charge in [0.25, 0.3) is 0 Å². The van der Waals surface area contributed by atoms with E-state index in [1.807, 2.05) is 0 Å². The molecule has 1 heterocycles. The van der Waals surface area contributed by atoms with Crippen LogP contribution < -0.4 is 4.18 Å². The lowest BCUT2D eigenvalue weighted by molar-refractivity contribution is 0.477.